The van der Waals surface area contributed by atoms with Crippen LogP contribution in [-0.4, -0.2) is 91.6 Å². The van der Waals surface area contributed by atoms with Crippen molar-refractivity contribution in [2.24, 2.45) is 0 Å². The first-order valence-electron chi connectivity index (χ1n) is 11.1. The van der Waals surface area contributed by atoms with Gasteiger partial charge in [-0.15, -0.1) is 0 Å². The van der Waals surface area contributed by atoms with Crippen LogP contribution in [0.5, 0.6) is 0 Å². The molecule has 0 aliphatic carbocycles. The van der Waals surface area contributed by atoms with Crippen molar-refractivity contribution >= 4 is 23.8 Å². The molecule has 2 saturated heterocycles. The number of aromatic nitrogens is 3. The first-order valence-corrected chi connectivity index (χ1v) is 11.1. The van der Waals surface area contributed by atoms with Crippen LogP contribution in [0.1, 0.15) is 29.8 Å². The molecule has 2 aliphatic rings. The predicted molar refractivity (Wildman–Crippen MR) is 119 cm³/mol. The molecule has 1 spiro atoms. The molecule has 4 rings (SSSR count). The van der Waals surface area contributed by atoms with Gasteiger partial charge in [0.25, 0.3) is 5.91 Å². The van der Waals surface area contributed by atoms with Crippen LogP contribution in [-0.2, 0) is 14.3 Å². The fourth-order valence-electron chi connectivity index (χ4n) is 3.66. The molecular weight excluding hydrogens is 544 g/mol. The lowest BCUT2D eigenvalue weighted by Crippen LogP contribution is -2.47. The molecule has 11 nitrogen and oxygen atoms in total. The molecule has 2 fully saturated rings. The molecule has 4 heterocycles. The number of ether oxygens (including phenoxy) is 1. The van der Waals surface area contributed by atoms with Gasteiger partial charge in [-0.25, -0.2) is 19.6 Å². The van der Waals surface area contributed by atoms with Gasteiger partial charge in [0.05, 0.1) is 12.1 Å². The third kappa shape index (κ3) is 9.99. The van der Waals surface area contributed by atoms with E-state index in [1.54, 1.807) is 30.7 Å². The Morgan fingerprint density at radius 2 is 1.51 bits per heavy atom. The summed E-state index contributed by atoms with van der Waals surface area (Å²) in [6.45, 7) is 1.98. The minimum absolute atomic E-state index is 0.0254. The van der Waals surface area contributed by atoms with Gasteiger partial charge < -0.3 is 25.2 Å². The Labute approximate surface area is 216 Å². The monoisotopic (exact) mass is 567 g/mol. The molecule has 39 heavy (non-hydrogen) atoms. The van der Waals surface area contributed by atoms with Crippen molar-refractivity contribution in [3.63, 3.8) is 0 Å². The molecule has 0 saturated carbocycles. The molecule has 3 N–H and O–H groups in total. The molecule has 2 atom stereocenters. The molecule has 214 valence electrons. The van der Waals surface area contributed by atoms with Crippen LogP contribution in [0.15, 0.2) is 42.9 Å². The fourth-order valence-corrected chi connectivity index (χ4v) is 3.66. The lowest BCUT2D eigenvalue weighted by molar-refractivity contribution is -0.193. The van der Waals surface area contributed by atoms with Crippen LogP contribution >= 0.6 is 0 Å². The van der Waals surface area contributed by atoms with Gasteiger partial charge in [-0.2, -0.15) is 26.3 Å². The maximum atomic E-state index is 12.6. The summed E-state index contributed by atoms with van der Waals surface area (Å²) in [5.74, 6) is -4.90. The number of carboxylic acids is 2. The predicted octanol–water partition coefficient (Wildman–Crippen LogP) is 3.01. The second-order valence-corrected chi connectivity index (χ2v) is 8.24. The summed E-state index contributed by atoms with van der Waals surface area (Å²) in [6.07, 6.45) is -2.46. The number of alkyl halides is 6. The van der Waals surface area contributed by atoms with Crippen LogP contribution in [0.3, 0.4) is 0 Å². The topological polar surface area (TPSA) is 155 Å². The number of carbonyl (C=O) groups excluding carboxylic acids is 1. The zero-order valence-electron chi connectivity index (χ0n) is 19.9. The van der Waals surface area contributed by atoms with E-state index >= 15 is 0 Å². The van der Waals surface area contributed by atoms with Gasteiger partial charge in [0.2, 0.25) is 5.95 Å². The van der Waals surface area contributed by atoms with Crippen molar-refractivity contribution in [2.45, 2.75) is 43.3 Å². The molecule has 0 radical (unpaired) electrons. The highest BCUT2D eigenvalue weighted by Gasteiger charge is 2.45. The maximum Gasteiger partial charge on any atom is 0.490 e. The van der Waals surface area contributed by atoms with Crippen molar-refractivity contribution in [2.75, 3.05) is 25.0 Å². The minimum atomic E-state index is -5.08. The smallest absolute Gasteiger partial charge is 0.475 e. The molecule has 0 aromatic carbocycles. The number of pyridine rings is 1. The Hall–Kier alpha value is -4.02. The summed E-state index contributed by atoms with van der Waals surface area (Å²) in [5.41, 5.74) is 0.206. The van der Waals surface area contributed by atoms with Gasteiger partial charge in [0.1, 0.15) is 5.69 Å². The van der Waals surface area contributed by atoms with E-state index in [2.05, 4.69) is 20.3 Å². The van der Waals surface area contributed by atoms with E-state index in [4.69, 9.17) is 24.5 Å². The number of anilines is 1. The highest BCUT2D eigenvalue weighted by Crippen LogP contribution is 2.35. The van der Waals surface area contributed by atoms with E-state index in [0.717, 1.165) is 19.3 Å². The third-order valence-electron chi connectivity index (χ3n) is 5.36. The summed E-state index contributed by atoms with van der Waals surface area (Å²) in [5, 5.41) is 17.6. The first kappa shape index (κ1) is 31.2. The van der Waals surface area contributed by atoms with E-state index in [-0.39, 0.29) is 17.6 Å². The molecule has 1 amide bonds. The number of nitrogens with one attached hydrogen (secondary N) is 1. The fraction of sp³-hybridized carbons (Fsp3) is 0.455. The highest BCUT2D eigenvalue weighted by molar-refractivity contribution is 5.92. The van der Waals surface area contributed by atoms with Crippen LogP contribution < -0.4 is 5.32 Å². The minimum Gasteiger partial charge on any atom is -0.475 e. The number of hydrogen-bond donors (Lipinski definition) is 3. The Morgan fingerprint density at radius 1 is 0.949 bits per heavy atom. The van der Waals surface area contributed by atoms with Crippen molar-refractivity contribution in [3.8, 4) is 0 Å². The lowest BCUT2D eigenvalue weighted by atomic mass is 9.89. The molecule has 2 aliphatic heterocycles. The lowest BCUT2D eigenvalue weighted by Gasteiger charge is -2.38. The summed E-state index contributed by atoms with van der Waals surface area (Å²) < 4.78 is 69.6. The van der Waals surface area contributed by atoms with Gasteiger partial charge in [0.15, 0.2) is 0 Å². The van der Waals surface area contributed by atoms with Gasteiger partial charge in [-0.1, -0.05) is 6.07 Å². The van der Waals surface area contributed by atoms with Crippen molar-refractivity contribution < 1.29 is 55.7 Å². The van der Waals surface area contributed by atoms with Gasteiger partial charge in [0, 0.05) is 37.8 Å². The summed E-state index contributed by atoms with van der Waals surface area (Å²) >= 11 is 0. The van der Waals surface area contributed by atoms with Gasteiger partial charge in [-0.3, -0.25) is 9.78 Å². The Balaban J connectivity index is 0.000000317. The Morgan fingerprint density at radius 3 is 2.03 bits per heavy atom. The maximum absolute atomic E-state index is 12.6. The van der Waals surface area contributed by atoms with Crippen molar-refractivity contribution in [1.82, 2.24) is 19.9 Å². The van der Waals surface area contributed by atoms with E-state index in [1.165, 1.54) is 0 Å². The zero-order chi connectivity index (χ0) is 29.3. The second kappa shape index (κ2) is 13.2. The van der Waals surface area contributed by atoms with E-state index in [9.17, 15) is 31.1 Å². The standard InChI is InChI=1S/C18H21N5O2.2C2HF3O2/c24-16(15-4-1-2-7-19-15)23-10-6-18(13-23)12-14(5-11-25-18)22-17-20-8-3-9-21-17;2*3-2(4,5)1(6)7/h1-4,7-9,14H,5-6,10-13H2,(H,20,21,22);2*(H,6,7)/t14-,18-;;/m1../s1. The van der Waals surface area contributed by atoms with Crippen LogP contribution in [0.2, 0.25) is 0 Å². The highest BCUT2D eigenvalue weighted by atomic mass is 19.4. The number of carbonyl (C=O) groups is 3. The average molecular weight is 567 g/mol. The number of nitrogens with zero attached hydrogens (tertiary/aromatic N) is 4. The quantitative estimate of drug-likeness (QED) is 0.472. The van der Waals surface area contributed by atoms with Crippen LogP contribution in [0, 0.1) is 0 Å². The Bertz CT molecular complexity index is 1080. The van der Waals surface area contributed by atoms with Crippen LogP contribution in [0.25, 0.3) is 0 Å². The van der Waals surface area contributed by atoms with Gasteiger partial charge in [-0.05, 0) is 37.5 Å². The largest absolute Gasteiger partial charge is 0.490 e. The van der Waals surface area contributed by atoms with Crippen molar-refractivity contribution in [1.29, 1.82) is 0 Å². The number of halogens is 6. The summed E-state index contributed by atoms with van der Waals surface area (Å²) in [7, 11) is 0. The average Bonchev–Trinajstić information content (AvgIpc) is 3.27. The number of aliphatic carboxylic acids is 2. The molecule has 0 unspecified atom stereocenters. The zero-order valence-corrected chi connectivity index (χ0v) is 19.9. The number of likely N-dealkylation sites (tertiary alicyclic amines) is 1. The third-order valence-corrected chi connectivity index (χ3v) is 5.36. The summed E-state index contributed by atoms with van der Waals surface area (Å²) in [6, 6.07) is 7.46. The molecule has 2 aromatic rings. The normalized spacial score (nSPS) is 20.7. The van der Waals surface area contributed by atoms with E-state index in [0.29, 0.717) is 31.3 Å². The number of rotatable bonds is 3. The summed E-state index contributed by atoms with van der Waals surface area (Å²) in [4.78, 5) is 44.9. The van der Waals surface area contributed by atoms with E-state index < -0.39 is 24.3 Å². The molecule has 17 heteroatoms. The first-order chi connectivity index (χ1) is 18.1. The molecular formula is C22H23F6N5O6. The van der Waals surface area contributed by atoms with Crippen LogP contribution in [0.4, 0.5) is 32.3 Å². The number of carboxylic acid groups (broad SMARTS) is 2. The Kier molecular flexibility index (Phi) is 10.5. The molecule has 0 bridgehead atoms. The van der Waals surface area contributed by atoms with Crippen molar-refractivity contribution in [3.05, 3.63) is 48.5 Å². The number of hydrogen-bond acceptors (Lipinski definition) is 8. The molecule has 2 aromatic heterocycles. The second-order valence-electron chi connectivity index (χ2n) is 8.24. The SMILES string of the molecule is O=C(O)C(F)(F)F.O=C(O)C(F)(F)F.O=C(c1ccccn1)N1CC[C@@]2(C[C@H](Nc3ncccn3)CCO2)C1. The number of amides is 1. The van der Waals surface area contributed by atoms with Gasteiger partial charge >= 0.3 is 24.3 Å². The van der Waals surface area contributed by atoms with E-state index in [1.807, 2.05) is 17.0 Å².